The van der Waals surface area contributed by atoms with Gasteiger partial charge < -0.3 is 14.7 Å². The molecule has 0 unspecified atom stereocenters. The highest BCUT2D eigenvalue weighted by Gasteiger charge is 2.50. The number of nitrogens with zero attached hydrogens (tertiary/aromatic N) is 1. The lowest BCUT2D eigenvalue weighted by molar-refractivity contribution is -0.141. The van der Waals surface area contributed by atoms with Crippen LogP contribution in [0.3, 0.4) is 0 Å². The number of ketones is 1. The molecule has 0 aromatic heterocycles. The van der Waals surface area contributed by atoms with Crippen LogP contribution in [0.1, 0.15) is 49.8 Å². The van der Waals surface area contributed by atoms with Crippen LogP contribution >= 0.6 is 0 Å². The number of benzene rings is 2. The van der Waals surface area contributed by atoms with Gasteiger partial charge in [0.1, 0.15) is 18.1 Å². The van der Waals surface area contributed by atoms with Gasteiger partial charge in [0.15, 0.2) is 5.60 Å². The van der Waals surface area contributed by atoms with Crippen molar-refractivity contribution in [3.05, 3.63) is 59.2 Å². The lowest BCUT2D eigenvalue weighted by Crippen LogP contribution is -2.43. The molecule has 0 fully saturated rings. The number of hydrogen-bond acceptors (Lipinski definition) is 4. The van der Waals surface area contributed by atoms with E-state index in [1.54, 1.807) is 18.2 Å². The number of carbonyl (C=O) groups excluding carboxylic acids is 2. The van der Waals surface area contributed by atoms with Gasteiger partial charge in [0.2, 0.25) is 0 Å². The Morgan fingerprint density at radius 1 is 1.21 bits per heavy atom. The van der Waals surface area contributed by atoms with E-state index in [0.717, 1.165) is 16.9 Å². The largest absolute Gasteiger partial charge is 0.491 e. The Morgan fingerprint density at radius 2 is 1.93 bits per heavy atom. The number of rotatable bonds is 7. The highest BCUT2D eigenvalue weighted by molar-refractivity contribution is 6.08. The lowest BCUT2D eigenvalue weighted by Gasteiger charge is -2.22. The number of fused-ring (bicyclic) bond motifs is 1. The number of carbonyl (C=O) groups is 2. The maximum atomic E-state index is 13.0. The average molecular weight is 381 g/mol. The molecule has 1 N–H and O–H groups in total. The number of aliphatic hydroxyl groups is 1. The Kier molecular flexibility index (Phi) is 5.57. The Hall–Kier alpha value is -2.66. The van der Waals surface area contributed by atoms with Gasteiger partial charge in [-0.2, -0.15) is 0 Å². The molecule has 0 aliphatic carbocycles. The fourth-order valence-electron chi connectivity index (χ4n) is 3.75. The number of anilines is 1. The summed E-state index contributed by atoms with van der Waals surface area (Å²) in [5, 5.41) is 11.0. The summed E-state index contributed by atoms with van der Waals surface area (Å²) in [5.41, 5.74) is 1.54. The molecule has 1 aliphatic rings. The van der Waals surface area contributed by atoms with Crippen LogP contribution in [-0.2, 0) is 15.2 Å². The molecular weight excluding hydrogens is 354 g/mol. The van der Waals surface area contributed by atoms with E-state index in [0.29, 0.717) is 30.3 Å². The van der Waals surface area contributed by atoms with Gasteiger partial charge in [-0.25, -0.2) is 0 Å². The zero-order valence-electron chi connectivity index (χ0n) is 16.9. The van der Waals surface area contributed by atoms with Crippen LogP contribution in [0.4, 0.5) is 5.69 Å². The van der Waals surface area contributed by atoms with Crippen LogP contribution < -0.4 is 9.64 Å². The number of para-hydroxylation sites is 1. The highest BCUT2D eigenvalue weighted by Crippen LogP contribution is 2.42. The van der Waals surface area contributed by atoms with Gasteiger partial charge >= 0.3 is 0 Å². The van der Waals surface area contributed by atoms with E-state index < -0.39 is 11.5 Å². The number of ether oxygens (including phenoxy) is 1. The van der Waals surface area contributed by atoms with E-state index in [-0.39, 0.29) is 12.2 Å². The molecule has 28 heavy (non-hydrogen) atoms. The third-order valence-electron chi connectivity index (χ3n) is 5.11. The van der Waals surface area contributed by atoms with Crippen molar-refractivity contribution in [3.63, 3.8) is 0 Å². The van der Waals surface area contributed by atoms with Crippen LogP contribution in [0.2, 0.25) is 0 Å². The first-order valence-electron chi connectivity index (χ1n) is 9.60. The number of aryl methyl sites for hydroxylation is 1. The minimum absolute atomic E-state index is 0.227. The summed E-state index contributed by atoms with van der Waals surface area (Å²) in [6, 6.07) is 13.2. The molecule has 0 radical (unpaired) electrons. The fourth-order valence-corrected chi connectivity index (χ4v) is 3.75. The second kappa shape index (κ2) is 7.76. The standard InChI is InChI=1S/C23H27NO4/c1-15(2)18-10-9-16(3)13-21(18)28-12-11-24-20-8-6-5-7-19(20)23(27,22(24)26)14-17(4)25/h5-10,13,15,27H,11-12,14H2,1-4H3/t23-/m0/s1. The molecular formula is C23H27NO4. The zero-order chi connectivity index (χ0) is 20.5. The summed E-state index contributed by atoms with van der Waals surface area (Å²) in [7, 11) is 0. The Labute approximate surface area is 165 Å². The van der Waals surface area contributed by atoms with E-state index in [1.165, 1.54) is 11.8 Å². The maximum absolute atomic E-state index is 13.0. The SMILES string of the molecule is CC(=O)C[C@@]1(O)C(=O)N(CCOc2cc(C)ccc2C(C)C)c2ccccc21. The minimum atomic E-state index is -1.80. The Morgan fingerprint density at radius 3 is 2.61 bits per heavy atom. The van der Waals surface area contributed by atoms with E-state index in [2.05, 4.69) is 26.0 Å². The van der Waals surface area contributed by atoms with E-state index in [4.69, 9.17) is 4.74 Å². The molecule has 0 spiro atoms. The number of hydrogen-bond donors (Lipinski definition) is 1. The quantitative estimate of drug-likeness (QED) is 0.794. The predicted molar refractivity (Wildman–Crippen MR) is 109 cm³/mol. The third kappa shape index (κ3) is 3.67. The van der Waals surface area contributed by atoms with E-state index in [1.807, 2.05) is 19.1 Å². The first-order chi connectivity index (χ1) is 13.2. The normalized spacial score (nSPS) is 18.5. The Bertz CT molecular complexity index is 905. The van der Waals surface area contributed by atoms with Gasteiger partial charge in [0.05, 0.1) is 12.2 Å². The monoisotopic (exact) mass is 381 g/mol. The van der Waals surface area contributed by atoms with Gasteiger partial charge in [0, 0.05) is 12.0 Å². The first-order valence-corrected chi connectivity index (χ1v) is 9.60. The van der Waals surface area contributed by atoms with Gasteiger partial charge in [0.25, 0.3) is 5.91 Å². The molecule has 2 aromatic carbocycles. The fraction of sp³-hybridized carbons (Fsp3) is 0.391. The van der Waals surface area contributed by atoms with Crippen molar-refractivity contribution in [2.75, 3.05) is 18.1 Å². The van der Waals surface area contributed by atoms with Crippen LogP contribution in [0.5, 0.6) is 5.75 Å². The predicted octanol–water partition coefficient (Wildman–Crippen LogP) is 3.71. The highest BCUT2D eigenvalue weighted by atomic mass is 16.5. The van der Waals surface area contributed by atoms with Gasteiger partial charge in [-0.3, -0.25) is 9.59 Å². The van der Waals surface area contributed by atoms with Gasteiger partial charge in [-0.15, -0.1) is 0 Å². The van der Waals surface area contributed by atoms with Crippen LogP contribution in [0.25, 0.3) is 0 Å². The summed E-state index contributed by atoms with van der Waals surface area (Å²) in [5.74, 6) is 0.435. The smallest absolute Gasteiger partial charge is 0.264 e. The van der Waals surface area contributed by atoms with Crippen LogP contribution in [0.15, 0.2) is 42.5 Å². The molecule has 1 aliphatic heterocycles. The van der Waals surface area contributed by atoms with Crippen molar-refractivity contribution in [3.8, 4) is 5.75 Å². The average Bonchev–Trinajstić information content (AvgIpc) is 2.83. The second-order valence-corrected chi connectivity index (χ2v) is 7.76. The van der Waals surface area contributed by atoms with Crippen LogP contribution in [0, 0.1) is 6.92 Å². The topological polar surface area (TPSA) is 66.8 Å². The van der Waals surface area contributed by atoms with E-state index in [9.17, 15) is 14.7 Å². The molecule has 1 amide bonds. The maximum Gasteiger partial charge on any atom is 0.264 e. The van der Waals surface area contributed by atoms with Crippen molar-refractivity contribution < 1.29 is 19.4 Å². The molecule has 1 heterocycles. The molecule has 2 aromatic rings. The molecule has 5 nitrogen and oxygen atoms in total. The Balaban J connectivity index is 1.80. The van der Waals surface area contributed by atoms with E-state index >= 15 is 0 Å². The van der Waals surface area contributed by atoms with Crippen molar-refractivity contribution >= 4 is 17.4 Å². The molecule has 1 atom stereocenters. The molecule has 0 saturated heterocycles. The lowest BCUT2D eigenvalue weighted by atomic mass is 9.90. The molecule has 0 saturated carbocycles. The summed E-state index contributed by atoms with van der Waals surface area (Å²) < 4.78 is 6.01. The number of amides is 1. The zero-order valence-corrected chi connectivity index (χ0v) is 16.9. The van der Waals surface area contributed by atoms with Crippen molar-refractivity contribution in [2.45, 2.75) is 45.6 Å². The van der Waals surface area contributed by atoms with Gasteiger partial charge in [-0.1, -0.05) is 44.2 Å². The molecule has 0 bridgehead atoms. The molecule has 148 valence electrons. The van der Waals surface area contributed by atoms with Crippen molar-refractivity contribution in [2.24, 2.45) is 0 Å². The summed E-state index contributed by atoms with van der Waals surface area (Å²) in [6.07, 6.45) is -0.227. The first kappa shape index (κ1) is 20.1. The molecule has 3 rings (SSSR count). The van der Waals surface area contributed by atoms with Crippen LogP contribution in [-0.4, -0.2) is 29.9 Å². The van der Waals surface area contributed by atoms with Gasteiger partial charge in [-0.05, 0) is 43.0 Å². The number of Topliss-reactive ketones (excluding diaryl/α,β-unsaturated/α-hetero) is 1. The minimum Gasteiger partial charge on any atom is -0.491 e. The summed E-state index contributed by atoms with van der Waals surface area (Å²) >= 11 is 0. The molecule has 5 heteroatoms. The third-order valence-corrected chi connectivity index (χ3v) is 5.11. The summed E-state index contributed by atoms with van der Waals surface area (Å²) in [4.78, 5) is 26.1. The summed E-state index contributed by atoms with van der Waals surface area (Å²) in [6.45, 7) is 8.20. The van der Waals surface area contributed by atoms with Crippen molar-refractivity contribution in [1.82, 2.24) is 0 Å². The van der Waals surface area contributed by atoms with Crippen molar-refractivity contribution in [1.29, 1.82) is 0 Å². The second-order valence-electron chi connectivity index (χ2n) is 7.76.